The molecule has 7 heteroatoms. The second-order valence-electron chi connectivity index (χ2n) is 6.15. The first kappa shape index (κ1) is 19.3. The van der Waals surface area contributed by atoms with Crippen LogP contribution in [-0.2, 0) is 11.2 Å². The molecule has 0 atom stereocenters. The molecule has 0 fully saturated rings. The Morgan fingerprint density at radius 2 is 1.86 bits per heavy atom. The molecule has 0 saturated heterocycles. The Balaban J connectivity index is 1.68. The average molecular weight is 380 g/mol. The number of nitrogens with zero attached hydrogens (tertiary/aromatic N) is 2. The van der Waals surface area contributed by atoms with Gasteiger partial charge in [0.2, 0.25) is 0 Å². The lowest BCUT2D eigenvalue weighted by molar-refractivity contribution is 0.0601. The van der Waals surface area contributed by atoms with Gasteiger partial charge in [-0.25, -0.2) is 19.2 Å². The molecule has 0 unspecified atom stereocenters. The number of anilines is 3. The van der Waals surface area contributed by atoms with Gasteiger partial charge in [0.25, 0.3) is 0 Å². The van der Waals surface area contributed by atoms with Crippen LogP contribution in [0.1, 0.15) is 21.7 Å². The maximum atomic E-state index is 13.7. The predicted octanol–water partition coefficient (Wildman–Crippen LogP) is 4.11. The standard InChI is InChI=1S/C21H21FN4O2/c1-14-24-19(23-11-10-15-6-3-4-9-18(15)22)13-20(25-14)26-17-8-5-7-16(12-17)21(27)28-2/h3-9,12-13H,10-11H2,1-2H3,(H2,23,24,25,26). The van der Waals surface area contributed by atoms with Crippen molar-refractivity contribution in [3.05, 3.63) is 77.4 Å². The highest BCUT2D eigenvalue weighted by Crippen LogP contribution is 2.19. The van der Waals surface area contributed by atoms with E-state index in [1.54, 1.807) is 43.3 Å². The zero-order valence-corrected chi connectivity index (χ0v) is 15.7. The van der Waals surface area contributed by atoms with Gasteiger partial charge in [0.1, 0.15) is 23.3 Å². The van der Waals surface area contributed by atoms with Gasteiger partial charge in [-0.3, -0.25) is 0 Å². The van der Waals surface area contributed by atoms with Crippen LogP contribution >= 0.6 is 0 Å². The minimum absolute atomic E-state index is 0.212. The SMILES string of the molecule is COC(=O)c1cccc(Nc2cc(NCCc3ccccc3F)nc(C)n2)c1. The minimum Gasteiger partial charge on any atom is -0.465 e. The summed E-state index contributed by atoms with van der Waals surface area (Å²) in [5.41, 5.74) is 1.80. The highest BCUT2D eigenvalue weighted by molar-refractivity contribution is 5.90. The topological polar surface area (TPSA) is 76.1 Å². The summed E-state index contributed by atoms with van der Waals surface area (Å²) in [6, 6.07) is 15.4. The fraction of sp³-hybridized carbons (Fsp3) is 0.190. The van der Waals surface area contributed by atoms with Crippen molar-refractivity contribution >= 4 is 23.3 Å². The molecule has 3 aromatic rings. The molecular formula is C21H21FN4O2. The van der Waals surface area contributed by atoms with Crippen molar-refractivity contribution in [2.45, 2.75) is 13.3 Å². The molecule has 0 radical (unpaired) electrons. The van der Waals surface area contributed by atoms with Gasteiger partial charge >= 0.3 is 5.97 Å². The molecule has 0 aliphatic carbocycles. The molecule has 2 aromatic carbocycles. The zero-order chi connectivity index (χ0) is 19.9. The molecule has 144 valence electrons. The normalized spacial score (nSPS) is 10.4. The summed E-state index contributed by atoms with van der Waals surface area (Å²) < 4.78 is 18.4. The van der Waals surface area contributed by atoms with E-state index in [1.165, 1.54) is 13.2 Å². The van der Waals surface area contributed by atoms with Gasteiger partial charge in [0.05, 0.1) is 12.7 Å². The summed E-state index contributed by atoms with van der Waals surface area (Å²) in [7, 11) is 1.34. The summed E-state index contributed by atoms with van der Waals surface area (Å²) in [4.78, 5) is 20.4. The number of ether oxygens (including phenoxy) is 1. The number of rotatable bonds is 7. The molecule has 1 aromatic heterocycles. The lowest BCUT2D eigenvalue weighted by atomic mass is 10.1. The van der Waals surface area contributed by atoms with E-state index < -0.39 is 5.97 Å². The van der Waals surface area contributed by atoms with E-state index in [1.807, 2.05) is 12.1 Å². The Bertz CT molecular complexity index is 978. The Hall–Kier alpha value is -3.48. The first-order chi connectivity index (χ1) is 13.5. The monoisotopic (exact) mass is 380 g/mol. The molecule has 0 aliphatic rings. The molecule has 6 nitrogen and oxygen atoms in total. The summed E-state index contributed by atoms with van der Waals surface area (Å²) in [6.45, 7) is 2.33. The number of methoxy groups -OCH3 is 1. The number of nitrogens with one attached hydrogen (secondary N) is 2. The summed E-state index contributed by atoms with van der Waals surface area (Å²) in [5.74, 6) is 1.19. The van der Waals surface area contributed by atoms with Crippen LogP contribution in [0.3, 0.4) is 0 Å². The van der Waals surface area contributed by atoms with Crippen molar-refractivity contribution in [1.82, 2.24) is 9.97 Å². The second kappa shape index (κ2) is 8.94. The van der Waals surface area contributed by atoms with E-state index in [-0.39, 0.29) is 5.82 Å². The molecule has 0 bridgehead atoms. The maximum Gasteiger partial charge on any atom is 0.337 e. The smallest absolute Gasteiger partial charge is 0.337 e. The molecular weight excluding hydrogens is 359 g/mol. The van der Waals surface area contributed by atoms with Crippen LogP contribution in [0, 0.1) is 12.7 Å². The Labute approximate surface area is 162 Å². The van der Waals surface area contributed by atoms with Crippen LogP contribution < -0.4 is 10.6 Å². The van der Waals surface area contributed by atoms with Crippen LogP contribution in [-0.4, -0.2) is 29.6 Å². The fourth-order valence-electron chi connectivity index (χ4n) is 2.74. The highest BCUT2D eigenvalue weighted by Gasteiger charge is 2.08. The minimum atomic E-state index is -0.405. The third-order valence-electron chi connectivity index (χ3n) is 4.05. The number of hydrogen-bond acceptors (Lipinski definition) is 6. The third-order valence-corrected chi connectivity index (χ3v) is 4.05. The number of carbonyl (C=O) groups is 1. The Morgan fingerprint density at radius 3 is 2.64 bits per heavy atom. The lowest BCUT2D eigenvalue weighted by Crippen LogP contribution is -2.09. The van der Waals surface area contributed by atoms with Gasteiger partial charge in [-0.2, -0.15) is 0 Å². The number of hydrogen-bond donors (Lipinski definition) is 2. The van der Waals surface area contributed by atoms with Crippen LogP contribution in [0.5, 0.6) is 0 Å². The van der Waals surface area contributed by atoms with Crippen molar-refractivity contribution in [3.8, 4) is 0 Å². The van der Waals surface area contributed by atoms with Crippen LogP contribution in [0.15, 0.2) is 54.6 Å². The third kappa shape index (κ3) is 5.03. The number of esters is 1. The Morgan fingerprint density at radius 1 is 1.07 bits per heavy atom. The lowest BCUT2D eigenvalue weighted by Gasteiger charge is -2.11. The maximum absolute atomic E-state index is 13.7. The van der Waals surface area contributed by atoms with Gasteiger partial charge < -0.3 is 15.4 Å². The zero-order valence-electron chi connectivity index (χ0n) is 15.7. The van der Waals surface area contributed by atoms with E-state index in [0.717, 1.165) is 0 Å². The number of carbonyl (C=O) groups excluding carboxylic acids is 1. The van der Waals surface area contributed by atoms with E-state index in [4.69, 9.17) is 4.74 Å². The van der Waals surface area contributed by atoms with E-state index >= 15 is 0 Å². The number of aryl methyl sites for hydroxylation is 1. The summed E-state index contributed by atoms with van der Waals surface area (Å²) >= 11 is 0. The molecule has 28 heavy (non-hydrogen) atoms. The molecule has 0 aliphatic heterocycles. The van der Waals surface area contributed by atoms with Crippen molar-refractivity contribution in [1.29, 1.82) is 0 Å². The second-order valence-corrected chi connectivity index (χ2v) is 6.15. The van der Waals surface area contributed by atoms with Gasteiger partial charge in [-0.1, -0.05) is 24.3 Å². The first-order valence-corrected chi connectivity index (χ1v) is 8.83. The van der Waals surface area contributed by atoms with Crippen molar-refractivity contribution < 1.29 is 13.9 Å². The quantitative estimate of drug-likeness (QED) is 0.601. The number of halogens is 1. The molecule has 0 spiro atoms. The predicted molar refractivity (Wildman–Crippen MR) is 106 cm³/mol. The molecule has 0 saturated carbocycles. The van der Waals surface area contributed by atoms with E-state index in [2.05, 4.69) is 20.6 Å². The summed E-state index contributed by atoms with van der Waals surface area (Å²) in [6.07, 6.45) is 0.541. The van der Waals surface area contributed by atoms with Gasteiger partial charge in [-0.05, 0) is 43.2 Å². The van der Waals surface area contributed by atoms with Gasteiger partial charge in [0.15, 0.2) is 0 Å². The van der Waals surface area contributed by atoms with Crippen molar-refractivity contribution in [2.75, 3.05) is 24.3 Å². The van der Waals surface area contributed by atoms with Crippen molar-refractivity contribution in [3.63, 3.8) is 0 Å². The Kier molecular flexibility index (Phi) is 6.16. The molecule has 2 N–H and O–H groups in total. The number of aromatic nitrogens is 2. The van der Waals surface area contributed by atoms with Gasteiger partial charge in [-0.15, -0.1) is 0 Å². The van der Waals surface area contributed by atoms with Crippen molar-refractivity contribution in [2.24, 2.45) is 0 Å². The largest absolute Gasteiger partial charge is 0.465 e. The first-order valence-electron chi connectivity index (χ1n) is 8.83. The highest BCUT2D eigenvalue weighted by atomic mass is 19.1. The molecule has 1 heterocycles. The van der Waals surface area contributed by atoms with Crippen LogP contribution in [0.25, 0.3) is 0 Å². The fourth-order valence-corrected chi connectivity index (χ4v) is 2.74. The van der Waals surface area contributed by atoms with Gasteiger partial charge in [0, 0.05) is 18.3 Å². The average Bonchev–Trinajstić information content (AvgIpc) is 2.68. The molecule has 3 rings (SSSR count). The van der Waals surface area contributed by atoms with E-state index in [9.17, 15) is 9.18 Å². The molecule has 0 amide bonds. The van der Waals surface area contributed by atoms with Crippen LogP contribution in [0.4, 0.5) is 21.7 Å². The summed E-state index contributed by atoms with van der Waals surface area (Å²) in [5, 5.41) is 6.36. The van der Waals surface area contributed by atoms with Crippen LogP contribution in [0.2, 0.25) is 0 Å². The number of benzene rings is 2. The van der Waals surface area contributed by atoms with E-state index in [0.29, 0.717) is 47.2 Å².